The topological polar surface area (TPSA) is 41.4 Å². The van der Waals surface area contributed by atoms with Crippen LogP contribution in [0.3, 0.4) is 0 Å². The molecule has 6 heteroatoms. The summed E-state index contributed by atoms with van der Waals surface area (Å²) < 4.78 is 1.30. The van der Waals surface area contributed by atoms with Crippen LogP contribution >= 0.6 is 11.6 Å². The molecule has 5 nitrogen and oxygen atoms in total. The van der Waals surface area contributed by atoms with Crippen molar-refractivity contribution in [3.05, 3.63) is 52.8 Å². The smallest absolute Gasteiger partial charge is 0.320 e. The first-order valence-corrected chi connectivity index (χ1v) is 7.77. The maximum Gasteiger partial charge on any atom is 0.344 e. The molecule has 2 heterocycles. The van der Waals surface area contributed by atoms with E-state index in [1.165, 1.54) is 22.0 Å². The highest BCUT2D eigenvalue weighted by Crippen LogP contribution is 2.11. The maximum absolute atomic E-state index is 12.3. The van der Waals surface area contributed by atoms with E-state index in [0.29, 0.717) is 18.1 Å². The molecule has 1 saturated heterocycles. The van der Waals surface area contributed by atoms with Crippen molar-refractivity contribution in [3.8, 4) is 0 Å². The first-order valence-electron chi connectivity index (χ1n) is 7.39. The second kappa shape index (κ2) is 6.50. The van der Waals surface area contributed by atoms with E-state index in [1.807, 2.05) is 4.90 Å². The van der Waals surface area contributed by atoms with Crippen molar-refractivity contribution in [1.82, 2.24) is 19.6 Å². The summed E-state index contributed by atoms with van der Waals surface area (Å²) in [6, 6.07) is 8.49. The summed E-state index contributed by atoms with van der Waals surface area (Å²) in [5.41, 5.74) is 2.58. The fourth-order valence-electron chi connectivity index (χ4n) is 2.60. The number of aryl methyl sites for hydroxylation is 1. The number of hydrogen-bond acceptors (Lipinski definition) is 3. The quantitative estimate of drug-likeness (QED) is 0.854. The van der Waals surface area contributed by atoms with Crippen LogP contribution in [0.25, 0.3) is 0 Å². The Bertz CT molecular complexity index is 644. The lowest BCUT2D eigenvalue weighted by Crippen LogP contribution is -2.49. The fraction of sp³-hybridized carbons (Fsp3) is 0.375. The number of piperazine rings is 1. The zero-order chi connectivity index (χ0) is 15.5. The molecule has 0 N–H and O–H groups in total. The number of rotatable bonds is 2. The normalized spacial score (nSPS) is 16.0. The van der Waals surface area contributed by atoms with Crippen molar-refractivity contribution in [2.24, 2.45) is 0 Å². The van der Waals surface area contributed by atoms with Crippen LogP contribution in [-0.2, 0) is 6.54 Å². The van der Waals surface area contributed by atoms with Crippen molar-refractivity contribution in [1.29, 1.82) is 0 Å². The van der Waals surface area contributed by atoms with E-state index in [2.05, 4.69) is 41.2 Å². The summed E-state index contributed by atoms with van der Waals surface area (Å²) in [5.74, 6) is 0. The molecule has 1 aliphatic rings. The Morgan fingerprint density at radius 3 is 2.45 bits per heavy atom. The van der Waals surface area contributed by atoms with Gasteiger partial charge in [-0.2, -0.15) is 9.78 Å². The van der Waals surface area contributed by atoms with Gasteiger partial charge in [-0.15, -0.1) is 0 Å². The van der Waals surface area contributed by atoms with Gasteiger partial charge < -0.3 is 4.90 Å². The monoisotopic (exact) mass is 318 g/mol. The molecule has 0 saturated carbocycles. The molecule has 0 bridgehead atoms. The average molecular weight is 319 g/mol. The van der Waals surface area contributed by atoms with E-state index in [-0.39, 0.29) is 6.03 Å². The SMILES string of the molecule is Cc1ccc(CN2CCN(C(=O)n3cc(Cl)cn3)CC2)cc1. The van der Waals surface area contributed by atoms with Crippen LogP contribution in [0, 0.1) is 6.92 Å². The van der Waals surface area contributed by atoms with Gasteiger partial charge in [-0.1, -0.05) is 41.4 Å². The third-order valence-corrected chi connectivity index (χ3v) is 4.11. The van der Waals surface area contributed by atoms with Crippen LogP contribution in [0.1, 0.15) is 11.1 Å². The van der Waals surface area contributed by atoms with Gasteiger partial charge in [0, 0.05) is 32.7 Å². The predicted octanol–water partition coefficient (Wildman–Crippen LogP) is 2.63. The molecular formula is C16H19ClN4O. The van der Waals surface area contributed by atoms with Crippen molar-refractivity contribution >= 4 is 17.6 Å². The number of halogens is 1. The first kappa shape index (κ1) is 15.1. The molecule has 1 aromatic heterocycles. The van der Waals surface area contributed by atoms with Crippen molar-refractivity contribution < 1.29 is 4.79 Å². The Morgan fingerprint density at radius 1 is 1.18 bits per heavy atom. The van der Waals surface area contributed by atoms with Gasteiger partial charge in [0.15, 0.2) is 0 Å². The van der Waals surface area contributed by atoms with Crippen LogP contribution in [-0.4, -0.2) is 51.8 Å². The van der Waals surface area contributed by atoms with E-state index in [9.17, 15) is 4.79 Å². The number of amides is 1. The lowest BCUT2D eigenvalue weighted by Gasteiger charge is -2.34. The molecule has 1 amide bonds. The standard InChI is InChI=1S/C16H19ClN4O/c1-13-2-4-14(5-3-13)11-19-6-8-20(9-7-19)16(22)21-12-15(17)10-18-21/h2-5,10,12H,6-9,11H2,1H3. The minimum absolute atomic E-state index is 0.109. The minimum Gasteiger partial charge on any atom is -0.320 e. The molecule has 2 aromatic rings. The highest BCUT2D eigenvalue weighted by Gasteiger charge is 2.22. The molecular weight excluding hydrogens is 300 g/mol. The van der Waals surface area contributed by atoms with Crippen molar-refractivity contribution in [2.75, 3.05) is 26.2 Å². The second-order valence-electron chi connectivity index (χ2n) is 5.63. The third kappa shape index (κ3) is 3.48. The number of carbonyl (C=O) groups is 1. The molecule has 0 spiro atoms. The number of hydrogen-bond donors (Lipinski definition) is 0. The second-order valence-corrected chi connectivity index (χ2v) is 6.07. The van der Waals surface area contributed by atoms with E-state index in [1.54, 1.807) is 6.20 Å². The summed E-state index contributed by atoms with van der Waals surface area (Å²) in [7, 11) is 0. The number of carbonyl (C=O) groups excluding carboxylic acids is 1. The van der Waals surface area contributed by atoms with E-state index in [0.717, 1.165) is 19.6 Å². The molecule has 22 heavy (non-hydrogen) atoms. The lowest BCUT2D eigenvalue weighted by atomic mass is 10.1. The van der Waals surface area contributed by atoms with Crippen LogP contribution < -0.4 is 0 Å². The zero-order valence-corrected chi connectivity index (χ0v) is 13.3. The van der Waals surface area contributed by atoms with Gasteiger partial charge in [-0.25, -0.2) is 4.79 Å². The molecule has 0 radical (unpaired) electrons. The zero-order valence-electron chi connectivity index (χ0n) is 12.6. The first-order chi connectivity index (χ1) is 10.6. The molecule has 0 atom stereocenters. The molecule has 1 fully saturated rings. The Hall–Kier alpha value is -1.85. The highest BCUT2D eigenvalue weighted by molar-refractivity contribution is 6.30. The summed E-state index contributed by atoms with van der Waals surface area (Å²) in [5, 5.41) is 4.44. The van der Waals surface area contributed by atoms with Gasteiger partial charge in [-0.05, 0) is 12.5 Å². The van der Waals surface area contributed by atoms with Crippen LogP contribution in [0.15, 0.2) is 36.7 Å². The summed E-state index contributed by atoms with van der Waals surface area (Å²) >= 11 is 5.81. The van der Waals surface area contributed by atoms with E-state index >= 15 is 0 Å². The largest absolute Gasteiger partial charge is 0.344 e. The minimum atomic E-state index is -0.109. The van der Waals surface area contributed by atoms with E-state index in [4.69, 9.17) is 11.6 Å². The van der Waals surface area contributed by atoms with Crippen LogP contribution in [0.2, 0.25) is 5.02 Å². The highest BCUT2D eigenvalue weighted by atomic mass is 35.5. The molecule has 1 aliphatic heterocycles. The van der Waals surface area contributed by atoms with Crippen LogP contribution in [0.5, 0.6) is 0 Å². The van der Waals surface area contributed by atoms with Gasteiger partial charge in [0.1, 0.15) is 0 Å². The van der Waals surface area contributed by atoms with Crippen molar-refractivity contribution in [2.45, 2.75) is 13.5 Å². The summed E-state index contributed by atoms with van der Waals surface area (Å²) in [4.78, 5) is 16.4. The predicted molar refractivity (Wildman–Crippen MR) is 86.1 cm³/mol. The Balaban J connectivity index is 1.54. The Labute approximate surface area is 135 Å². The van der Waals surface area contributed by atoms with Gasteiger partial charge >= 0.3 is 6.03 Å². The summed E-state index contributed by atoms with van der Waals surface area (Å²) in [6.45, 7) is 6.18. The lowest BCUT2D eigenvalue weighted by molar-refractivity contribution is 0.134. The Kier molecular flexibility index (Phi) is 4.45. The van der Waals surface area contributed by atoms with Gasteiger partial charge in [0.25, 0.3) is 0 Å². The molecule has 0 aliphatic carbocycles. The molecule has 116 valence electrons. The maximum atomic E-state index is 12.3. The average Bonchev–Trinajstić information content (AvgIpc) is 2.96. The third-order valence-electron chi connectivity index (χ3n) is 3.92. The van der Waals surface area contributed by atoms with Crippen LogP contribution in [0.4, 0.5) is 4.79 Å². The molecule has 3 rings (SSSR count). The number of aromatic nitrogens is 2. The van der Waals surface area contributed by atoms with Gasteiger partial charge in [0.2, 0.25) is 0 Å². The van der Waals surface area contributed by atoms with Gasteiger partial charge in [0.05, 0.1) is 17.4 Å². The van der Waals surface area contributed by atoms with Gasteiger partial charge in [-0.3, -0.25) is 4.90 Å². The van der Waals surface area contributed by atoms with E-state index < -0.39 is 0 Å². The molecule has 1 aromatic carbocycles. The summed E-state index contributed by atoms with van der Waals surface area (Å²) in [6.07, 6.45) is 3.02. The fourth-order valence-corrected chi connectivity index (χ4v) is 2.74. The Morgan fingerprint density at radius 2 is 1.86 bits per heavy atom. The number of nitrogens with zero attached hydrogens (tertiary/aromatic N) is 4. The number of benzene rings is 1. The van der Waals surface area contributed by atoms with Crippen molar-refractivity contribution in [3.63, 3.8) is 0 Å². The molecule has 0 unspecified atom stereocenters.